The minimum Gasteiger partial charge on any atom is -0.350 e. The van der Waals surface area contributed by atoms with Gasteiger partial charge in [0.25, 0.3) is 5.91 Å². The Kier molecular flexibility index (Phi) is 4.99. The van der Waals surface area contributed by atoms with E-state index >= 15 is 0 Å². The summed E-state index contributed by atoms with van der Waals surface area (Å²) in [6.07, 6.45) is 6.52. The van der Waals surface area contributed by atoms with Crippen molar-refractivity contribution in [3.63, 3.8) is 0 Å². The van der Waals surface area contributed by atoms with Gasteiger partial charge in [-0.1, -0.05) is 23.8 Å². The predicted octanol–water partition coefficient (Wildman–Crippen LogP) is 3.35. The Bertz CT molecular complexity index is 863. The largest absolute Gasteiger partial charge is 0.350 e. The van der Waals surface area contributed by atoms with E-state index in [1.807, 2.05) is 44.2 Å². The second-order valence-corrected chi connectivity index (χ2v) is 5.78. The highest BCUT2D eigenvalue weighted by atomic mass is 16.1. The Morgan fingerprint density at radius 3 is 2.56 bits per heavy atom. The molecule has 25 heavy (non-hydrogen) atoms. The fourth-order valence-corrected chi connectivity index (χ4v) is 2.37. The first kappa shape index (κ1) is 16.6. The van der Waals surface area contributed by atoms with Crippen LogP contribution in [0.3, 0.4) is 0 Å². The van der Waals surface area contributed by atoms with E-state index in [1.54, 1.807) is 12.4 Å². The van der Waals surface area contributed by atoms with Gasteiger partial charge in [-0.05, 0) is 37.1 Å². The van der Waals surface area contributed by atoms with Crippen LogP contribution in [0.4, 0.5) is 11.6 Å². The molecule has 126 valence electrons. The third-order valence-electron chi connectivity index (χ3n) is 3.72. The van der Waals surface area contributed by atoms with E-state index in [-0.39, 0.29) is 5.91 Å². The number of carbonyl (C=O) groups excluding carboxylic acids is 1. The van der Waals surface area contributed by atoms with Crippen LogP contribution in [-0.2, 0) is 6.54 Å². The van der Waals surface area contributed by atoms with Gasteiger partial charge < -0.3 is 10.6 Å². The summed E-state index contributed by atoms with van der Waals surface area (Å²) < 4.78 is 0. The van der Waals surface area contributed by atoms with Crippen LogP contribution >= 0.6 is 0 Å². The lowest BCUT2D eigenvalue weighted by Gasteiger charge is -2.09. The number of aryl methyl sites for hydroxylation is 2. The van der Waals surface area contributed by atoms with Gasteiger partial charge in [0.05, 0.1) is 5.56 Å². The predicted molar refractivity (Wildman–Crippen MR) is 97.5 cm³/mol. The van der Waals surface area contributed by atoms with Crippen molar-refractivity contribution in [2.24, 2.45) is 0 Å². The van der Waals surface area contributed by atoms with E-state index in [0.29, 0.717) is 18.1 Å². The zero-order valence-electron chi connectivity index (χ0n) is 14.2. The number of nitrogens with zero attached hydrogens (tertiary/aromatic N) is 3. The Morgan fingerprint density at radius 1 is 1.08 bits per heavy atom. The van der Waals surface area contributed by atoms with Crippen LogP contribution in [0.2, 0.25) is 0 Å². The Balaban J connectivity index is 1.62. The summed E-state index contributed by atoms with van der Waals surface area (Å²) in [5.74, 6) is 0.234. The molecular weight excluding hydrogens is 314 g/mol. The summed E-state index contributed by atoms with van der Waals surface area (Å²) in [5.41, 5.74) is 4.40. The van der Waals surface area contributed by atoms with Gasteiger partial charge in [0.15, 0.2) is 0 Å². The zero-order chi connectivity index (χ0) is 17.6. The first-order chi connectivity index (χ1) is 12.1. The molecular formula is C19H19N5O. The smallest absolute Gasteiger partial charge is 0.258 e. The normalized spacial score (nSPS) is 10.3. The van der Waals surface area contributed by atoms with Gasteiger partial charge in [-0.15, -0.1) is 0 Å². The number of benzene rings is 1. The van der Waals surface area contributed by atoms with Crippen LogP contribution < -0.4 is 10.6 Å². The average Bonchev–Trinajstić information content (AvgIpc) is 2.63. The standard InChI is InChI=1S/C19H19N5O/c1-13-5-6-17(14(2)8-13)24-18(25)16-11-22-19(23-12-16)21-10-15-4-3-7-20-9-15/h3-9,11-12H,10H2,1-2H3,(H,24,25)(H,21,22,23). The lowest BCUT2D eigenvalue weighted by atomic mass is 10.1. The first-order valence-electron chi connectivity index (χ1n) is 7.95. The molecule has 3 rings (SSSR count). The second kappa shape index (κ2) is 7.53. The quantitative estimate of drug-likeness (QED) is 0.748. The number of anilines is 2. The number of carbonyl (C=O) groups is 1. The lowest BCUT2D eigenvalue weighted by molar-refractivity contribution is 0.102. The van der Waals surface area contributed by atoms with Gasteiger partial charge in [-0.25, -0.2) is 9.97 Å². The molecule has 0 fully saturated rings. The molecule has 0 atom stereocenters. The first-order valence-corrected chi connectivity index (χ1v) is 7.95. The van der Waals surface area contributed by atoms with Gasteiger partial charge in [0.2, 0.25) is 5.95 Å². The molecule has 0 saturated carbocycles. The number of hydrogen-bond donors (Lipinski definition) is 2. The SMILES string of the molecule is Cc1ccc(NC(=O)c2cnc(NCc3cccnc3)nc2)c(C)c1. The Morgan fingerprint density at radius 2 is 1.88 bits per heavy atom. The van der Waals surface area contributed by atoms with E-state index < -0.39 is 0 Å². The molecule has 0 saturated heterocycles. The molecule has 1 aromatic carbocycles. The number of pyridine rings is 1. The van der Waals surface area contributed by atoms with Crippen molar-refractivity contribution < 1.29 is 4.79 Å². The molecule has 0 bridgehead atoms. The highest BCUT2D eigenvalue weighted by Crippen LogP contribution is 2.17. The van der Waals surface area contributed by atoms with E-state index in [2.05, 4.69) is 25.6 Å². The van der Waals surface area contributed by atoms with Crippen molar-refractivity contribution in [1.82, 2.24) is 15.0 Å². The third kappa shape index (κ3) is 4.38. The van der Waals surface area contributed by atoms with Crippen molar-refractivity contribution in [2.75, 3.05) is 10.6 Å². The summed E-state index contributed by atoms with van der Waals surface area (Å²) in [6.45, 7) is 4.55. The van der Waals surface area contributed by atoms with Crippen molar-refractivity contribution >= 4 is 17.5 Å². The molecule has 0 radical (unpaired) electrons. The van der Waals surface area contributed by atoms with Gasteiger partial charge in [0, 0.05) is 37.0 Å². The van der Waals surface area contributed by atoms with Crippen LogP contribution in [0.1, 0.15) is 27.0 Å². The molecule has 1 amide bonds. The molecule has 0 aliphatic carbocycles. The number of amides is 1. The topological polar surface area (TPSA) is 79.8 Å². The number of rotatable bonds is 5. The van der Waals surface area contributed by atoms with Crippen LogP contribution in [0.25, 0.3) is 0 Å². The summed E-state index contributed by atoms with van der Waals surface area (Å²) in [6, 6.07) is 9.72. The monoisotopic (exact) mass is 333 g/mol. The van der Waals surface area contributed by atoms with E-state index in [0.717, 1.165) is 22.4 Å². The van der Waals surface area contributed by atoms with Gasteiger partial charge in [-0.2, -0.15) is 0 Å². The van der Waals surface area contributed by atoms with Crippen molar-refractivity contribution in [2.45, 2.75) is 20.4 Å². The molecule has 0 aliphatic rings. The lowest BCUT2D eigenvalue weighted by Crippen LogP contribution is -2.14. The van der Waals surface area contributed by atoms with E-state index in [4.69, 9.17) is 0 Å². The zero-order valence-corrected chi connectivity index (χ0v) is 14.2. The second-order valence-electron chi connectivity index (χ2n) is 5.78. The summed E-state index contributed by atoms with van der Waals surface area (Å²) >= 11 is 0. The third-order valence-corrected chi connectivity index (χ3v) is 3.72. The van der Waals surface area contributed by atoms with E-state index in [1.165, 1.54) is 12.4 Å². The van der Waals surface area contributed by atoms with E-state index in [9.17, 15) is 4.79 Å². The maximum Gasteiger partial charge on any atom is 0.258 e. The maximum atomic E-state index is 12.3. The van der Waals surface area contributed by atoms with Gasteiger partial charge >= 0.3 is 0 Å². The number of aromatic nitrogens is 3. The fourth-order valence-electron chi connectivity index (χ4n) is 2.37. The summed E-state index contributed by atoms with van der Waals surface area (Å²) in [5, 5.41) is 5.98. The van der Waals surface area contributed by atoms with Crippen LogP contribution in [-0.4, -0.2) is 20.9 Å². The average molecular weight is 333 g/mol. The minimum atomic E-state index is -0.231. The van der Waals surface area contributed by atoms with Crippen molar-refractivity contribution in [3.8, 4) is 0 Å². The molecule has 0 unspecified atom stereocenters. The highest BCUT2D eigenvalue weighted by molar-refractivity contribution is 6.04. The molecule has 6 nitrogen and oxygen atoms in total. The van der Waals surface area contributed by atoms with Crippen molar-refractivity contribution in [1.29, 1.82) is 0 Å². The van der Waals surface area contributed by atoms with Crippen molar-refractivity contribution in [3.05, 3.63) is 77.4 Å². The van der Waals surface area contributed by atoms with Crippen LogP contribution in [0.15, 0.2) is 55.1 Å². The molecule has 2 aromatic heterocycles. The molecule has 3 aromatic rings. The number of nitrogens with one attached hydrogen (secondary N) is 2. The Hall–Kier alpha value is -3.28. The molecule has 2 N–H and O–H groups in total. The Labute approximate surface area is 146 Å². The molecule has 6 heteroatoms. The molecule has 0 spiro atoms. The molecule has 2 heterocycles. The maximum absolute atomic E-state index is 12.3. The number of hydrogen-bond acceptors (Lipinski definition) is 5. The van der Waals surface area contributed by atoms with Gasteiger partial charge in [0.1, 0.15) is 0 Å². The minimum absolute atomic E-state index is 0.231. The highest BCUT2D eigenvalue weighted by Gasteiger charge is 2.09. The van der Waals surface area contributed by atoms with Gasteiger partial charge in [-0.3, -0.25) is 9.78 Å². The van der Waals surface area contributed by atoms with Crippen LogP contribution in [0, 0.1) is 13.8 Å². The summed E-state index contributed by atoms with van der Waals surface area (Å²) in [4.78, 5) is 24.8. The molecule has 0 aliphatic heterocycles. The summed E-state index contributed by atoms with van der Waals surface area (Å²) in [7, 11) is 0. The van der Waals surface area contributed by atoms with Crippen LogP contribution in [0.5, 0.6) is 0 Å². The fraction of sp³-hybridized carbons (Fsp3) is 0.158.